The van der Waals surface area contributed by atoms with Gasteiger partial charge >= 0.3 is 0 Å². The molecule has 2 unspecified atom stereocenters. The first kappa shape index (κ1) is 15.1. The van der Waals surface area contributed by atoms with Crippen molar-refractivity contribution in [2.45, 2.75) is 39.3 Å². The first-order valence-corrected chi connectivity index (χ1v) is 6.22. The van der Waals surface area contributed by atoms with Crippen LogP contribution in [0.1, 0.15) is 42.8 Å². The number of hydrogen-bond acceptors (Lipinski definition) is 3. The molecular weight excluding hydrogens is 252 g/mol. The lowest BCUT2D eigenvalue weighted by Gasteiger charge is -2.37. The summed E-state index contributed by atoms with van der Waals surface area (Å²) in [6.45, 7) is 5.49. The first-order chi connectivity index (χ1) is 8.13. The van der Waals surface area contributed by atoms with E-state index in [1.54, 1.807) is 6.07 Å². The number of carbonyl (C=O) groups excluding carboxylic acids is 1. The molecule has 1 saturated heterocycles. The monoisotopic (exact) mass is 272 g/mol. The Hall–Kier alpha value is -1.00. The van der Waals surface area contributed by atoms with Gasteiger partial charge in [0.1, 0.15) is 12.0 Å². The molecule has 1 aliphatic rings. The number of furan rings is 1. The number of rotatable bonds is 2. The summed E-state index contributed by atoms with van der Waals surface area (Å²) in [5.74, 6) is 1.28. The second kappa shape index (κ2) is 6.25. The molecule has 5 heteroatoms. The van der Waals surface area contributed by atoms with Crippen molar-refractivity contribution in [2.75, 3.05) is 6.54 Å². The lowest BCUT2D eigenvalue weighted by atomic mass is 9.91. The van der Waals surface area contributed by atoms with Crippen molar-refractivity contribution < 1.29 is 9.21 Å². The van der Waals surface area contributed by atoms with Crippen LogP contribution in [0.4, 0.5) is 0 Å². The summed E-state index contributed by atoms with van der Waals surface area (Å²) in [7, 11) is 0. The lowest BCUT2D eigenvalue weighted by Crippen LogP contribution is -2.45. The van der Waals surface area contributed by atoms with Gasteiger partial charge < -0.3 is 15.1 Å². The van der Waals surface area contributed by atoms with E-state index < -0.39 is 0 Å². The fourth-order valence-electron chi connectivity index (χ4n) is 2.39. The number of piperidine rings is 1. The third-order valence-electron chi connectivity index (χ3n) is 3.74. The third-order valence-corrected chi connectivity index (χ3v) is 3.74. The standard InChI is InChI=1S/C13H20N2O2.ClH/c1-9-4-3-5-15(10(9)2)13(16)11-6-12(7-14)17-8-11;/h6,8-10H,3-5,7,14H2,1-2H3;1H. The molecule has 0 aromatic carbocycles. The summed E-state index contributed by atoms with van der Waals surface area (Å²) in [5, 5.41) is 0. The van der Waals surface area contributed by atoms with Crippen LogP contribution in [0.25, 0.3) is 0 Å². The second-order valence-corrected chi connectivity index (χ2v) is 4.86. The van der Waals surface area contributed by atoms with Gasteiger partial charge in [-0.05, 0) is 31.7 Å². The Balaban J connectivity index is 0.00000162. The third kappa shape index (κ3) is 2.87. The summed E-state index contributed by atoms with van der Waals surface area (Å²) in [6, 6.07) is 2.04. The number of halogens is 1. The van der Waals surface area contributed by atoms with Gasteiger partial charge in [-0.3, -0.25) is 4.79 Å². The molecule has 4 nitrogen and oxygen atoms in total. The van der Waals surface area contributed by atoms with Crippen molar-refractivity contribution in [1.82, 2.24) is 4.90 Å². The van der Waals surface area contributed by atoms with Crippen molar-refractivity contribution in [1.29, 1.82) is 0 Å². The second-order valence-electron chi connectivity index (χ2n) is 4.86. The van der Waals surface area contributed by atoms with Gasteiger partial charge in [0.25, 0.3) is 5.91 Å². The van der Waals surface area contributed by atoms with Crippen LogP contribution in [-0.4, -0.2) is 23.4 Å². The van der Waals surface area contributed by atoms with E-state index >= 15 is 0 Å². The maximum Gasteiger partial charge on any atom is 0.257 e. The highest BCUT2D eigenvalue weighted by atomic mass is 35.5. The largest absolute Gasteiger partial charge is 0.467 e. The highest BCUT2D eigenvalue weighted by Gasteiger charge is 2.29. The molecule has 0 spiro atoms. The molecule has 2 N–H and O–H groups in total. The molecule has 0 radical (unpaired) electrons. The number of likely N-dealkylation sites (tertiary alicyclic amines) is 1. The minimum atomic E-state index is 0. The van der Waals surface area contributed by atoms with Gasteiger partial charge in [0.2, 0.25) is 0 Å². The molecule has 1 fully saturated rings. The lowest BCUT2D eigenvalue weighted by molar-refractivity contribution is 0.0550. The summed E-state index contributed by atoms with van der Waals surface area (Å²) < 4.78 is 5.22. The SMILES string of the molecule is CC1CCCN(C(=O)c2coc(CN)c2)C1C.Cl. The Morgan fingerprint density at radius 2 is 2.28 bits per heavy atom. The average molecular weight is 273 g/mol. The van der Waals surface area contributed by atoms with Crippen LogP contribution >= 0.6 is 12.4 Å². The van der Waals surface area contributed by atoms with E-state index in [0.29, 0.717) is 29.8 Å². The van der Waals surface area contributed by atoms with Crippen molar-refractivity contribution >= 4 is 18.3 Å². The van der Waals surface area contributed by atoms with Gasteiger partial charge in [0.15, 0.2) is 0 Å². The van der Waals surface area contributed by atoms with Crippen molar-refractivity contribution in [3.8, 4) is 0 Å². The Bertz CT molecular complexity index is 405. The molecule has 18 heavy (non-hydrogen) atoms. The summed E-state index contributed by atoms with van der Waals surface area (Å²) >= 11 is 0. The van der Waals surface area contributed by atoms with Gasteiger partial charge in [-0.25, -0.2) is 0 Å². The van der Waals surface area contributed by atoms with E-state index in [-0.39, 0.29) is 18.3 Å². The maximum absolute atomic E-state index is 12.3. The van der Waals surface area contributed by atoms with Crippen molar-refractivity contribution in [2.24, 2.45) is 11.7 Å². The van der Waals surface area contributed by atoms with Gasteiger partial charge in [-0.1, -0.05) is 6.92 Å². The van der Waals surface area contributed by atoms with E-state index in [9.17, 15) is 4.79 Å². The van der Waals surface area contributed by atoms with Crippen LogP contribution in [0.15, 0.2) is 16.7 Å². The topological polar surface area (TPSA) is 59.5 Å². The molecular formula is C13H21ClN2O2. The van der Waals surface area contributed by atoms with Crippen LogP contribution in [0.3, 0.4) is 0 Å². The fourth-order valence-corrected chi connectivity index (χ4v) is 2.39. The first-order valence-electron chi connectivity index (χ1n) is 6.22. The minimum absolute atomic E-state index is 0. The van der Waals surface area contributed by atoms with Gasteiger partial charge in [0, 0.05) is 12.6 Å². The molecule has 1 amide bonds. The van der Waals surface area contributed by atoms with Crippen LogP contribution < -0.4 is 5.73 Å². The highest BCUT2D eigenvalue weighted by Crippen LogP contribution is 2.24. The number of nitrogens with zero attached hydrogens (tertiary/aromatic N) is 1. The summed E-state index contributed by atoms with van der Waals surface area (Å²) in [6.07, 6.45) is 3.79. The summed E-state index contributed by atoms with van der Waals surface area (Å²) in [5.41, 5.74) is 6.09. The van der Waals surface area contributed by atoms with E-state index in [2.05, 4.69) is 13.8 Å². The Morgan fingerprint density at radius 1 is 1.56 bits per heavy atom. The molecule has 0 aliphatic carbocycles. The van der Waals surface area contributed by atoms with Gasteiger partial charge in [-0.2, -0.15) is 0 Å². The molecule has 1 aromatic heterocycles. The predicted octanol–water partition coefficient (Wildman–Crippen LogP) is 2.42. The van der Waals surface area contributed by atoms with Crippen LogP contribution in [-0.2, 0) is 6.54 Å². The minimum Gasteiger partial charge on any atom is -0.467 e. The zero-order valence-corrected chi connectivity index (χ0v) is 11.7. The number of carbonyl (C=O) groups is 1. The quantitative estimate of drug-likeness (QED) is 0.899. The number of nitrogens with two attached hydrogens (primary N) is 1. The van der Waals surface area contributed by atoms with Crippen molar-refractivity contribution in [3.63, 3.8) is 0 Å². The van der Waals surface area contributed by atoms with Gasteiger partial charge in [-0.15, -0.1) is 12.4 Å². The van der Waals surface area contributed by atoms with Crippen LogP contribution in [0.2, 0.25) is 0 Å². The average Bonchev–Trinajstić information content (AvgIpc) is 2.80. The smallest absolute Gasteiger partial charge is 0.257 e. The number of hydrogen-bond donors (Lipinski definition) is 1. The zero-order valence-electron chi connectivity index (χ0n) is 10.9. The normalized spacial score (nSPS) is 23.6. The zero-order chi connectivity index (χ0) is 12.4. The van der Waals surface area contributed by atoms with E-state index in [0.717, 1.165) is 13.0 Å². The summed E-state index contributed by atoms with van der Waals surface area (Å²) in [4.78, 5) is 14.3. The Morgan fingerprint density at radius 3 is 2.89 bits per heavy atom. The highest BCUT2D eigenvalue weighted by molar-refractivity contribution is 5.94. The van der Waals surface area contributed by atoms with Crippen LogP contribution in [0, 0.1) is 5.92 Å². The predicted molar refractivity (Wildman–Crippen MR) is 72.7 cm³/mol. The molecule has 1 aliphatic heterocycles. The molecule has 1 aromatic rings. The molecule has 2 rings (SSSR count). The Kier molecular flexibility index (Phi) is 5.23. The van der Waals surface area contributed by atoms with E-state index in [1.807, 2.05) is 4.90 Å². The molecule has 2 atom stereocenters. The molecule has 0 bridgehead atoms. The maximum atomic E-state index is 12.3. The molecule has 0 saturated carbocycles. The molecule has 102 valence electrons. The van der Waals surface area contributed by atoms with Crippen LogP contribution in [0.5, 0.6) is 0 Å². The molecule has 2 heterocycles. The number of amides is 1. The van der Waals surface area contributed by atoms with E-state index in [1.165, 1.54) is 12.7 Å². The van der Waals surface area contributed by atoms with Crippen molar-refractivity contribution in [3.05, 3.63) is 23.7 Å². The fraction of sp³-hybridized carbons (Fsp3) is 0.615. The Labute approximate surface area is 114 Å². The van der Waals surface area contributed by atoms with E-state index in [4.69, 9.17) is 10.2 Å². The van der Waals surface area contributed by atoms with Gasteiger partial charge in [0.05, 0.1) is 12.1 Å².